The van der Waals surface area contributed by atoms with E-state index in [0.29, 0.717) is 17.6 Å². The number of halogens is 2. The molecule has 0 spiro atoms. The van der Waals surface area contributed by atoms with Gasteiger partial charge in [0.25, 0.3) is 0 Å². The van der Waals surface area contributed by atoms with Gasteiger partial charge in [-0.15, -0.1) is 0 Å². The first-order chi connectivity index (χ1) is 8.45. The highest BCUT2D eigenvalue weighted by Gasteiger charge is 2.25. The predicted molar refractivity (Wildman–Crippen MR) is 68.4 cm³/mol. The van der Waals surface area contributed by atoms with Crippen molar-refractivity contribution in [3.05, 3.63) is 35.4 Å². The van der Waals surface area contributed by atoms with Gasteiger partial charge < -0.3 is 5.32 Å². The molecule has 1 aromatic carbocycles. The summed E-state index contributed by atoms with van der Waals surface area (Å²) in [6, 6.07) is 4.58. The molecule has 1 aromatic rings. The molecule has 1 N–H and O–H groups in total. The van der Waals surface area contributed by atoms with Gasteiger partial charge in [-0.25, -0.2) is 8.78 Å². The topological polar surface area (TPSA) is 15.3 Å². The van der Waals surface area contributed by atoms with Crippen LogP contribution in [0.4, 0.5) is 8.78 Å². The van der Waals surface area contributed by atoms with Gasteiger partial charge in [0.1, 0.15) is 11.6 Å². The Morgan fingerprint density at radius 2 is 1.61 bits per heavy atom. The fourth-order valence-corrected chi connectivity index (χ4v) is 2.71. The molecule has 0 saturated carbocycles. The maximum Gasteiger partial charge on any atom is 0.126 e. The molecule has 0 aromatic heterocycles. The van der Waals surface area contributed by atoms with Crippen molar-refractivity contribution in [2.24, 2.45) is 0 Å². The smallest absolute Gasteiger partial charge is 0.126 e. The highest BCUT2D eigenvalue weighted by Crippen LogP contribution is 2.24. The summed E-state index contributed by atoms with van der Waals surface area (Å²) in [4.78, 5) is 2.26. The van der Waals surface area contributed by atoms with Crippen LogP contribution in [0, 0.1) is 11.6 Å². The fraction of sp³-hybridized carbons (Fsp3) is 0.571. The SMILES string of the molecule is CC1CN(C(C)c2cc(F)cc(F)c2)CC(C)N1. The Balaban J connectivity index is 2.17. The van der Waals surface area contributed by atoms with Crippen molar-refractivity contribution in [3.8, 4) is 0 Å². The zero-order chi connectivity index (χ0) is 13.3. The lowest BCUT2D eigenvalue weighted by Crippen LogP contribution is -2.54. The van der Waals surface area contributed by atoms with Crippen LogP contribution in [0.25, 0.3) is 0 Å². The molecule has 0 aliphatic carbocycles. The fourth-order valence-electron chi connectivity index (χ4n) is 2.71. The summed E-state index contributed by atoms with van der Waals surface area (Å²) in [5, 5.41) is 3.45. The maximum absolute atomic E-state index is 13.2. The molecular formula is C14H20F2N2. The van der Waals surface area contributed by atoms with Crippen LogP contribution in [0.2, 0.25) is 0 Å². The van der Waals surface area contributed by atoms with Gasteiger partial charge in [0, 0.05) is 37.3 Å². The monoisotopic (exact) mass is 254 g/mol. The molecular weight excluding hydrogens is 234 g/mol. The first-order valence-corrected chi connectivity index (χ1v) is 6.42. The molecule has 0 radical (unpaired) electrons. The lowest BCUT2D eigenvalue weighted by atomic mass is 10.0. The Morgan fingerprint density at radius 3 is 2.11 bits per heavy atom. The number of piperazine rings is 1. The van der Waals surface area contributed by atoms with E-state index in [0.717, 1.165) is 19.2 Å². The third-order valence-electron chi connectivity index (χ3n) is 3.50. The average molecular weight is 254 g/mol. The number of nitrogens with one attached hydrogen (secondary N) is 1. The van der Waals surface area contributed by atoms with E-state index >= 15 is 0 Å². The van der Waals surface area contributed by atoms with Crippen LogP contribution in [0.3, 0.4) is 0 Å². The summed E-state index contributed by atoms with van der Waals surface area (Å²) in [6.45, 7) is 8.04. The minimum Gasteiger partial charge on any atom is -0.309 e. The van der Waals surface area contributed by atoms with Crippen LogP contribution >= 0.6 is 0 Å². The molecule has 100 valence electrons. The van der Waals surface area contributed by atoms with Crippen LogP contribution in [0.1, 0.15) is 32.4 Å². The molecule has 3 atom stereocenters. The molecule has 1 saturated heterocycles. The van der Waals surface area contributed by atoms with E-state index in [9.17, 15) is 8.78 Å². The van der Waals surface area contributed by atoms with Gasteiger partial charge in [-0.05, 0) is 38.5 Å². The first kappa shape index (κ1) is 13.4. The van der Waals surface area contributed by atoms with Gasteiger partial charge in [0.05, 0.1) is 0 Å². The third kappa shape index (κ3) is 3.06. The normalized spacial score (nSPS) is 27.2. The second kappa shape index (κ2) is 5.33. The molecule has 2 nitrogen and oxygen atoms in total. The predicted octanol–water partition coefficient (Wildman–Crippen LogP) is 2.71. The van der Waals surface area contributed by atoms with E-state index in [1.165, 1.54) is 12.1 Å². The van der Waals surface area contributed by atoms with E-state index in [1.807, 2.05) is 6.92 Å². The summed E-state index contributed by atoms with van der Waals surface area (Å²) in [7, 11) is 0. The Hall–Kier alpha value is -1.00. The third-order valence-corrected chi connectivity index (χ3v) is 3.50. The van der Waals surface area contributed by atoms with Crippen molar-refractivity contribution >= 4 is 0 Å². The van der Waals surface area contributed by atoms with Crippen molar-refractivity contribution in [2.45, 2.75) is 38.9 Å². The largest absolute Gasteiger partial charge is 0.309 e. The van der Waals surface area contributed by atoms with Crippen molar-refractivity contribution in [2.75, 3.05) is 13.1 Å². The minimum atomic E-state index is -0.506. The second-order valence-corrected chi connectivity index (χ2v) is 5.30. The molecule has 3 unspecified atom stereocenters. The Morgan fingerprint density at radius 1 is 1.11 bits per heavy atom. The van der Waals surface area contributed by atoms with Gasteiger partial charge in [-0.3, -0.25) is 4.90 Å². The van der Waals surface area contributed by atoms with Crippen molar-refractivity contribution < 1.29 is 8.78 Å². The first-order valence-electron chi connectivity index (χ1n) is 6.42. The summed E-state index contributed by atoms with van der Waals surface area (Å²) >= 11 is 0. The molecule has 1 aliphatic rings. The summed E-state index contributed by atoms with van der Waals surface area (Å²) in [6.07, 6.45) is 0. The zero-order valence-corrected chi connectivity index (χ0v) is 11.1. The maximum atomic E-state index is 13.2. The van der Waals surface area contributed by atoms with Gasteiger partial charge in [0.15, 0.2) is 0 Å². The molecule has 4 heteroatoms. The molecule has 0 bridgehead atoms. The lowest BCUT2D eigenvalue weighted by Gasteiger charge is -2.39. The van der Waals surface area contributed by atoms with Crippen LogP contribution in [0.15, 0.2) is 18.2 Å². The van der Waals surface area contributed by atoms with Crippen LogP contribution in [-0.4, -0.2) is 30.1 Å². The zero-order valence-electron chi connectivity index (χ0n) is 11.1. The number of rotatable bonds is 2. The molecule has 0 amide bonds. The summed E-state index contributed by atoms with van der Waals surface area (Å²) < 4.78 is 26.5. The van der Waals surface area contributed by atoms with Gasteiger partial charge >= 0.3 is 0 Å². The van der Waals surface area contributed by atoms with Crippen molar-refractivity contribution in [1.82, 2.24) is 10.2 Å². The van der Waals surface area contributed by atoms with Gasteiger partial charge in [-0.2, -0.15) is 0 Å². The molecule has 1 aliphatic heterocycles. The quantitative estimate of drug-likeness (QED) is 0.873. The number of hydrogen-bond acceptors (Lipinski definition) is 2. The average Bonchev–Trinajstić information content (AvgIpc) is 2.25. The minimum absolute atomic E-state index is 0.0298. The Bertz CT molecular complexity index is 392. The Labute approximate surface area is 107 Å². The van der Waals surface area contributed by atoms with Gasteiger partial charge in [-0.1, -0.05) is 0 Å². The van der Waals surface area contributed by atoms with E-state index < -0.39 is 11.6 Å². The van der Waals surface area contributed by atoms with Crippen molar-refractivity contribution in [1.29, 1.82) is 0 Å². The van der Waals surface area contributed by atoms with E-state index in [2.05, 4.69) is 24.1 Å². The van der Waals surface area contributed by atoms with Crippen molar-refractivity contribution in [3.63, 3.8) is 0 Å². The van der Waals surface area contributed by atoms with Gasteiger partial charge in [0.2, 0.25) is 0 Å². The molecule has 1 fully saturated rings. The van der Waals surface area contributed by atoms with E-state index in [4.69, 9.17) is 0 Å². The lowest BCUT2D eigenvalue weighted by molar-refractivity contribution is 0.131. The van der Waals surface area contributed by atoms with Crippen LogP contribution in [0.5, 0.6) is 0 Å². The number of nitrogens with zero attached hydrogens (tertiary/aromatic N) is 1. The molecule has 18 heavy (non-hydrogen) atoms. The highest BCUT2D eigenvalue weighted by molar-refractivity contribution is 5.21. The highest BCUT2D eigenvalue weighted by atomic mass is 19.1. The van der Waals surface area contributed by atoms with Crippen LogP contribution < -0.4 is 5.32 Å². The summed E-state index contributed by atoms with van der Waals surface area (Å²) in [5.74, 6) is -1.01. The molecule has 1 heterocycles. The second-order valence-electron chi connectivity index (χ2n) is 5.30. The van der Waals surface area contributed by atoms with E-state index in [-0.39, 0.29) is 6.04 Å². The number of hydrogen-bond donors (Lipinski definition) is 1. The standard InChI is InChI=1S/C14H20F2N2/c1-9-7-18(8-10(2)17-9)11(3)12-4-13(15)6-14(16)5-12/h4-6,9-11,17H,7-8H2,1-3H3. The number of benzene rings is 1. The van der Waals surface area contributed by atoms with E-state index in [1.54, 1.807) is 0 Å². The van der Waals surface area contributed by atoms with Crippen LogP contribution in [-0.2, 0) is 0 Å². The molecule has 2 rings (SSSR count). The Kier molecular flexibility index (Phi) is 3.97. The summed E-state index contributed by atoms with van der Waals surface area (Å²) in [5.41, 5.74) is 0.703.